The lowest BCUT2D eigenvalue weighted by molar-refractivity contribution is -0.132. The van der Waals surface area contributed by atoms with E-state index in [1.165, 1.54) is 35.7 Å². The van der Waals surface area contributed by atoms with Crippen LogP contribution in [-0.2, 0) is 9.59 Å². The summed E-state index contributed by atoms with van der Waals surface area (Å²) in [5.74, 6) is -0.862. The number of ketones is 1. The summed E-state index contributed by atoms with van der Waals surface area (Å²) in [7, 11) is 1.52. The van der Waals surface area contributed by atoms with E-state index in [1.807, 2.05) is 32.0 Å². The van der Waals surface area contributed by atoms with Crippen LogP contribution < -0.4 is 14.4 Å². The summed E-state index contributed by atoms with van der Waals surface area (Å²) < 4.78 is 12.1. The molecule has 2 aromatic heterocycles. The summed E-state index contributed by atoms with van der Waals surface area (Å²) in [6, 6.07) is 13.2. The third-order valence-corrected chi connectivity index (χ3v) is 6.96. The van der Waals surface area contributed by atoms with E-state index in [9.17, 15) is 14.7 Å². The predicted octanol–water partition coefficient (Wildman–Crippen LogP) is 5.03. The van der Waals surface area contributed by atoms with Crippen molar-refractivity contribution < 1.29 is 24.2 Å². The number of hydrogen-bond acceptors (Lipinski definition) is 8. The molecule has 1 amide bonds. The summed E-state index contributed by atoms with van der Waals surface area (Å²) in [4.78, 5) is 36.8. The molecule has 8 nitrogen and oxygen atoms in total. The molecule has 0 aliphatic carbocycles. The number of aromatic nitrogens is 2. The number of Topliss-reactive ketones (excluding diaryl/α,β-unsaturated/α-hetero) is 1. The van der Waals surface area contributed by atoms with Crippen LogP contribution in [0.25, 0.3) is 16.0 Å². The average molecular weight is 502 g/mol. The van der Waals surface area contributed by atoms with Gasteiger partial charge in [-0.25, -0.2) is 4.98 Å². The number of nitrogens with zero attached hydrogens (tertiary/aromatic N) is 3. The van der Waals surface area contributed by atoms with Crippen molar-refractivity contribution >= 4 is 44.1 Å². The molecule has 0 saturated carbocycles. The maximum Gasteiger partial charge on any atom is 0.301 e. The van der Waals surface area contributed by atoms with Gasteiger partial charge in [-0.05, 0) is 61.4 Å². The van der Waals surface area contributed by atoms with Crippen molar-refractivity contribution in [3.05, 3.63) is 83.2 Å². The second kappa shape index (κ2) is 9.43. The molecule has 2 aromatic carbocycles. The SMILES string of the molecule is CCOc1ccc(C2C(=C(O)c3ccncc3)C(=O)C(=O)N2c2nc3ccc(C)cc3s2)cc1OC. The second-order valence-electron chi connectivity index (χ2n) is 8.22. The number of thiazole rings is 1. The van der Waals surface area contributed by atoms with Gasteiger partial charge in [-0.15, -0.1) is 0 Å². The van der Waals surface area contributed by atoms with Crippen LogP contribution in [0.15, 0.2) is 66.5 Å². The molecule has 0 bridgehead atoms. The number of methoxy groups -OCH3 is 1. The van der Waals surface area contributed by atoms with E-state index in [0.717, 1.165) is 15.8 Å². The first-order chi connectivity index (χ1) is 17.4. The number of aryl methyl sites for hydroxylation is 1. The number of benzene rings is 2. The van der Waals surface area contributed by atoms with Gasteiger partial charge >= 0.3 is 5.91 Å². The highest BCUT2D eigenvalue weighted by atomic mass is 32.1. The molecular formula is C27H23N3O5S. The third kappa shape index (κ3) is 3.97. The smallest absolute Gasteiger partial charge is 0.301 e. The Labute approximate surface area is 211 Å². The van der Waals surface area contributed by atoms with E-state index in [2.05, 4.69) is 9.97 Å². The van der Waals surface area contributed by atoms with Crippen LogP contribution in [0.4, 0.5) is 5.13 Å². The Morgan fingerprint density at radius 1 is 1.08 bits per heavy atom. The molecule has 1 aliphatic heterocycles. The van der Waals surface area contributed by atoms with Crippen LogP contribution in [0.1, 0.15) is 29.7 Å². The van der Waals surface area contributed by atoms with Gasteiger partial charge in [-0.1, -0.05) is 23.5 Å². The molecule has 1 atom stereocenters. The Hall–Kier alpha value is -4.24. The molecule has 36 heavy (non-hydrogen) atoms. The number of aliphatic hydroxyl groups is 1. The maximum atomic E-state index is 13.4. The summed E-state index contributed by atoms with van der Waals surface area (Å²) in [5, 5.41) is 11.6. The van der Waals surface area contributed by atoms with Crippen LogP contribution in [0.3, 0.4) is 0 Å². The van der Waals surface area contributed by atoms with Gasteiger partial charge in [0, 0.05) is 18.0 Å². The van der Waals surface area contributed by atoms with Crippen molar-refractivity contribution in [1.82, 2.24) is 9.97 Å². The zero-order chi connectivity index (χ0) is 25.4. The fourth-order valence-electron chi connectivity index (χ4n) is 4.26. The van der Waals surface area contributed by atoms with Gasteiger partial charge in [0.05, 0.1) is 35.5 Å². The van der Waals surface area contributed by atoms with Crippen LogP contribution in [0.5, 0.6) is 11.5 Å². The molecule has 5 rings (SSSR count). The van der Waals surface area contributed by atoms with Crippen molar-refractivity contribution in [1.29, 1.82) is 0 Å². The quantitative estimate of drug-likeness (QED) is 0.225. The van der Waals surface area contributed by atoms with Crippen molar-refractivity contribution in [2.75, 3.05) is 18.6 Å². The summed E-state index contributed by atoms with van der Waals surface area (Å²) in [6.07, 6.45) is 3.02. The fourth-order valence-corrected chi connectivity index (χ4v) is 5.35. The summed E-state index contributed by atoms with van der Waals surface area (Å²) in [5.41, 5.74) is 2.70. The van der Waals surface area contributed by atoms with E-state index in [-0.39, 0.29) is 11.3 Å². The number of hydrogen-bond donors (Lipinski definition) is 1. The zero-order valence-electron chi connectivity index (χ0n) is 19.9. The van der Waals surface area contributed by atoms with E-state index in [1.54, 1.807) is 30.3 Å². The highest BCUT2D eigenvalue weighted by Gasteiger charge is 2.48. The normalized spacial score (nSPS) is 17.1. The fraction of sp³-hybridized carbons (Fsp3) is 0.185. The number of carbonyl (C=O) groups is 2. The first-order valence-corrected chi connectivity index (χ1v) is 12.1. The van der Waals surface area contributed by atoms with Crippen molar-refractivity contribution in [2.24, 2.45) is 0 Å². The first-order valence-electron chi connectivity index (χ1n) is 11.3. The van der Waals surface area contributed by atoms with Gasteiger partial charge in [0.2, 0.25) is 0 Å². The molecular weight excluding hydrogens is 478 g/mol. The molecule has 1 fully saturated rings. The van der Waals surface area contributed by atoms with Crippen molar-refractivity contribution in [3.8, 4) is 11.5 Å². The number of fused-ring (bicyclic) bond motifs is 1. The van der Waals surface area contributed by atoms with Gasteiger partial charge < -0.3 is 14.6 Å². The number of carbonyl (C=O) groups excluding carboxylic acids is 2. The monoisotopic (exact) mass is 501 g/mol. The number of amides is 1. The molecule has 0 spiro atoms. The Balaban J connectivity index is 1.73. The van der Waals surface area contributed by atoms with E-state index in [4.69, 9.17) is 9.47 Å². The highest BCUT2D eigenvalue weighted by Crippen LogP contribution is 2.45. The van der Waals surface area contributed by atoms with Crippen LogP contribution in [0.2, 0.25) is 0 Å². The minimum Gasteiger partial charge on any atom is -0.507 e. The van der Waals surface area contributed by atoms with Gasteiger partial charge in [-0.2, -0.15) is 0 Å². The number of pyridine rings is 1. The van der Waals surface area contributed by atoms with Crippen LogP contribution in [0, 0.1) is 6.92 Å². The molecule has 1 N–H and O–H groups in total. The van der Waals surface area contributed by atoms with Gasteiger partial charge in [0.1, 0.15) is 5.76 Å². The maximum absolute atomic E-state index is 13.4. The van der Waals surface area contributed by atoms with Gasteiger partial charge in [-0.3, -0.25) is 19.5 Å². The molecule has 1 unspecified atom stereocenters. The number of rotatable bonds is 6. The van der Waals surface area contributed by atoms with Crippen molar-refractivity contribution in [3.63, 3.8) is 0 Å². The Morgan fingerprint density at radius 3 is 2.58 bits per heavy atom. The Morgan fingerprint density at radius 2 is 1.86 bits per heavy atom. The number of anilines is 1. The van der Waals surface area contributed by atoms with Crippen molar-refractivity contribution in [2.45, 2.75) is 19.9 Å². The minimum absolute atomic E-state index is 0.0344. The molecule has 4 aromatic rings. The molecule has 1 aliphatic rings. The lowest BCUT2D eigenvalue weighted by Crippen LogP contribution is -2.29. The Kier molecular flexibility index (Phi) is 6.15. The number of aliphatic hydroxyl groups excluding tert-OH is 1. The molecule has 3 heterocycles. The zero-order valence-corrected chi connectivity index (χ0v) is 20.7. The van der Waals surface area contributed by atoms with Crippen LogP contribution >= 0.6 is 11.3 Å². The van der Waals surface area contributed by atoms with Gasteiger partial charge in [0.15, 0.2) is 16.6 Å². The lowest BCUT2D eigenvalue weighted by atomic mass is 9.95. The van der Waals surface area contributed by atoms with E-state index < -0.39 is 17.7 Å². The third-order valence-electron chi connectivity index (χ3n) is 5.94. The van der Waals surface area contributed by atoms with Crippen LogP contribution in [-0.4, -0.2) is 40.5 Å². The number of ether oxygens (including phenoxy) is 2. The second-order valence-corrected chi connectivity index (χ2v) is 9.23. The van der Waals surface area contributed by atoms with E-state index >= 15 is 0 Å². The minimum atomic E-state index is -0.926. The first kappa shape index (κ1) is 23.5. The summed E-state index contributed by atoms with van der Waals surface area (Å²) >= 11 is 1.32. The Bertz CT molecular complexity index is 1510. The van der Waals surface area contributed by atoms with Gasteiger partial charge in [0.25, 0.3) is 5.78 Å². The lowest BCUT2D eigenvalue weighted by Gasteiger charge is -2.23. The standard InChI is InChI=1S/C27H23N3O5S/c1-4-35-19-8-6-17(14-20(19)34-3)23-22(24(31)16-9-11-28-12-10-16)25(32)26(33)30(23)27-29-18-7-5-15(2)13-21(18)36-27/h5-14,23,31H,4H2,1-3H3. The molecule has 9 heteroatoms. The predicted molar refractivity (Wildman–Crippen MR) is 138 cm³/mol. The topological polar surface area (TPSA) is 102 Å². The van der Waals surface area contributed by atoms with E-state index in [0.29, 0.717) is 34.4 Å². The largest absolute Gasteiger partial charge is 0.507 e. The molecule has 182 valence electrons. The highest BCUT2D eigenvalue weighted by molar-refractivity contribution is 7.22. The average Bonchev–Trinajstić information content (AvgIpc) is 3.42. The summed E-state index contributed by atoms with van der Waals surface area (Å²) in [6.45, 7) is 4.29. The molecule has 0 radical (unpaired) electrons. The molecule has 1 saturated heterocycles.